The first-order chi connectivity index (χ1) is 7.24. The van der Waals surface area contributed by atoms with E-state index in [4.69, 9.17) is 4.74 Å². The van der Waals surface area contributed by atoms with Crippen molar-refractivity contribution in [3.05, 3.63) is 42.5 Å². The van der Waals surface area contributed by atoms with Crippen LogP contribution < -0.4 is 4.74 Å². The molecule has 0 aromatic heterocycles. The zero-order valence-corrected chi connectivity index (χ0v) is 10.3. The minimum Gasteiger partial charge on any atom is -0.490 e. The summed E-state index contributed by atoms with van der Waals surface area (Å²) in [5.41, 5.74) is 1.31. The normalized spacial score (nSPS) is 9.13. The lowest BCUT2D eigenvalue weighted by atomic mass is 10.0. The number of rotatable bonds is 4. The van der Waals surface area contributed by atoms with Gasteiger partial charge in [0, 0.05) is 0 Å². The summed E-state index contributed by atoms with van der Waals surface area (Å²) in [7, 11) is 0. The van der Waals surface area contributed by atoms with Gasteiger partial charge in [0.25, 0.3) is 0 Å². The molecule has 0 spiro atoms. The van der Waals surface area contributed by atoms with Crippen molar-refractivity contribution in [1.29, 1.82) is 0 Å². The van der Waals surface area contributed by atoms with Crippen LogP contribution in [0.5, 0.6) is 5.75 Å². The lowest BCUT2D eigenvalue weighted by molar-refractivity contribution is 0.362. The fourth-order valence-corrected chi connectivity index (χ4v) is 1.12. The maximum Gasteiger partial charge on any atom is 0.120 e. The second-order valence-corrected chi connectivity index (χ2v) is 3.33. The van der Waals surface area contributed by atoms with Gasteiger partial charge in [-0.1, -0.05) is 52.5 Å². The predicted octanol–water partition coefficient (Wildman–Crippen LogP) is 4.40. The molecule has 0 saturated carbocycles. The molecule has 0 aliphatic heterocycles. The Morgan fingerprint density at radius 1 is 1.33 bits per heavy atom. The van der Waals surface area contributed by atoms with E-state index in [1.54, 1.807) is 6.08 Å². The van der Waals surface area contributed by atoms with Crippen molar-refractivity contribution < 1.29 is 4.74 Å². The number of benzene rings is 1. The molecule has 1 aromatic rings. The highest BCUT2D eigenvalue weighted by molar-refractivity contribution is 5.30. The Kier molecular flexibility index (Phi) is 7.43. The van der Waals surface area contributed by atoms with Crippen molar-refractivity contribution in [3.8, 4) is 5.75 Å². The van der Waals surface area contributed by atoms with Gasteiger partial charge < -0.3 is 4.74 Å². The van der Waals surface area contributed by atoms with E-state index >= 15 is 0 Å². The maximum absolute atomic E-state index is 5.43. The zero-order chi connectivity index (χ0) is 11.7. The smallest absolute Gasteiger partial charge is 0.120 e. The molecule has 0 unspecified atom stereocenters. The highest BCUT2D eigenvalue weighted by Crippen LogP contribution is 2.19. The maximum atomic E-state index is 5.43. The second-order valence-electron chi connectivity index (χ2n) is 3.33. The molecule has 0 saturated heterocycles. The van der Waals surface area contributed by atoms with Crippen molar-refractivity contribution in [1.82, 2.24) is 0 Å². The van der Waals surface area contributed by atoms with E-state index in [2.05, 4.69) is 32.6 Å². The fraction of sp³-hybridized carbons (Fsp3) is 0.429. The van der Waals surface area contributed by atoms with Crippen LogP contribution in [0.2, 0.25) is 0 Å². The van der Waals surface area contributed by atoms with E-state index in [1.807, 2.05) is 26.0 Å². The third-order valence-corrected chi connectivity index (χ3v) is 1.89. The first-order valence-corrected chi connectivity index (χ1v) is 5.57. The van der Waals surface area contributed by atoms with Gasteiger partial charge in [0.1, 0.15) is 12.4 Å². The van der Waals surface area contributed by atoms with Crippen molar-refractivity contribution in [3.63, 3.8) is 0 Å². The Morgan fingerprint density at radius 3 is 2.53 bits per heavy atom. The molecule has 0 atom stereocenters. The lowest BCUT2D eigenvalue weighted by Gasteiger charge is -2.08. The minimum atomic E-state index is 0.548. The number of hydrogen-bond acceptors (Lipinski definition) is 1. The lowest BCUT2D eigenvalue weighted by Crippen LogP contribution is -1.94. The Hall–Kier alpha value is -1.24. The summed E-state index contributed by atoms with van der Waals surface area (Å²) in [5, 5.41) is 0. The van der Waals surface area contributed by atoms with Crippen LogP contribution in [0.15, 0.2) is 36.9 Å². The Bertz CT molecular complexity index is 276. The van der Waals surface area contributed by atoms with E-state index in [0.717, 1.165) is 5.75 Å². The SMILES string of the molecule is C=CCOc1cccc(C(C)C)c1.CC. The van der Waals surface area contributed by atoms with E-state index in [-0.39, 0.29) is 0 Å². The van der Waals surface area contributed by atoms with E-state index in [1.165, 1.54) is 5.56 Å². The molecule has 1 nitrogen and oxygen atoms in total. The van der Waals surface area contributed by atoms with Gasteiger partial charge in [-0.05, 0) is 23.6 Å². The molecule has 0 aliphatic carbocycles. The standard InChI is InChI=1S/C12H16O.C2H6/c1-4-8-13-12-7-5-6-11(9-12)10(2)3;1-2/h4-7,9-10H,1,8H2,2-3H3;1-2H3. The van der Waals surface area contributed by atoms with Crippen molar-refractivity contribution >= 4 is 0 Å². The summed E-state index contributed by atoms with van der Waals surface area (Å²) >= 11 is 0. The topological polar surface area (TPSA) is 9.23 Å². The average Bonchev–Trinajstić information content (AvgIpc) is 2.29. The van der Waals surface area contributed by atoms with Crippen LogP contribution in [0, 0.1) is 0 Å². The quantitative estimate of drug-likeness (QED) is 0.663. The monoisotopic (exact) mass is 206 g/mol. The van der Waals surface area contributed by atoms with Crippen LogP contribution in [-0.4, -0.2) is 6.61 Å². The van der Waals surface area contributed by atoms with Crippen molar-refractivity contribution in [2.24, 2.45) is 0 Å². The third kappa shape index (κ3) is 5.26. The molecule has 0 heterocycles. The van der Waals surface area contributed by atoms with Gasteiger partial charge in [0.05, 0.1) is 0 Å². The summed E-state index contributed by atoms with van der Waals surface area (Å²) in [5.74, 6) is 1.47. The van der Waals surface area contributed by atoms with Gasteiger partial charge in [-0.3, -0.25) is 0 Å². The zero-order valence-electron chi connectivity index (χ0n) is 10.3. The summed E-state index contributed by atoms with van der Waals surface area (Å²) < 4.78 is 5.43. The van der Waals surface area contributed by atoms with E-state index in [0.29, 0.717) is 12.5 Å². The van der Waals surface area contributed by atoms with Gasteiger partial charge in [0.2, 0.25) is 0 Å². The molecular weight excluding hydrogens is 184 g/mol. The Balaban J connectivity index is 0.000000921. The molecule has 1 heteroatoms. The molecule has 0 N–H and O–H groups in total. The number of hydrogen-bond donors (Lipinski definition) is 0. The molecule has 1 aromatic carbocycles. The molecular formula is C14H22O. The van der Waals surface area contributed by atoms with Crippen LogP contribution >= 0.6 is 0 Å². The summed E-state index contributed by atoms with van der Waals surface area (Å²) in [6.45, 7) is 12.5. The highest BCUT2D eigenvalue weighted by atomic mass is 16.5. The molecule has 0 radical (unpaired) electrons. The summed E-state index contributed by atoms with van der Waals surface area (Å²) in [6.07, 6.45) is 1.75. The van der Waals surface area contributed by atoms with Gasteiger partial charge >= 0.3 is 0 Å². The molecule has 1 rings (SSSR count). The van der Waals surface area contributed by atoms with Crippen molar-refractivity contribution in [2.75, 3.05) is 6.61 Å². The van der Waals surface area contributed by atoms with Crippen LogP contribution in [0.1, 0.15) is 39.2 Å². The number of ether oxygens (including phenoxy) is 1. The molecule has 15 heavy (non-hydrogen) atoms. The molecule has 0 amide bonds. The van der Waals surface area contributed by atoms with Crippen LogP contribution in [0.3, 0.4) is 0 Å². The highest BCUT2D eigenvalue weighted by Gasteiger charge is 1.99. The molecule has 0 fully saturated rings. The van der Waals surface area contributed by atoms with Gasteiger partial charge in [-0.15, -0.1) is 0 Å². The first kappa shape index (κ1) is 13.8. The average molecular weight is 206 g/mol. The Morgan fingerprint density at radius 2 is 2.00 bits per heavy atom. The van der Waals surface area contributed by atoms with Crippen molar-refractivity contribution in [2.45, 2.75) is 33.6 Å². The van der Waals surface area contributed by atoms with Crippen LogP contribution in [0.25, 0.3) is 0 Å². The van der Waals surface area contributed by atoms with E-state index < -0.39 is 0 Å². The fourth-order valence-electron chi connectivity index (χ4n) is 1.12. The van der Waals surface area contributed by atoms with Gasteiger partial charge in [0.15, 0.2) is 0 Å². The van der Waals surface area contributed by atoms with E-state index in [9.17, 15) is 0 Å². The van der Waals surface area contributed by atoms with Gasteiger partial charge in [-0.25, -0.2) is 0 Å². The first-order valence-electron chi connectivity index (χ1n) is 5.57. The molecule has 0 bridgehead atoms. The third-order valence-electron chi connectivity index (χ3n) is 1.89. The molecule has 84 valence electrons. The summed E-state index contributed by atoms with van der Waals surface area (Å²) in [6, 6.07) is 8.18. The largest absolute Gasteiger partial charge is 0.490 e. The van der Waals surface area contributed by atoms with Crippen LogP contribution in [-0.2, 0) is 0 Å². The van der Waals surface area contributed by atoms with Gasteiger partial charge in [-0.2, -0.15) is 0 Å². The minimum absolute atomic E-state index is 0.548. The second kappa shape index (κ2) is 8.10. The summed E-state index contributed by atoms with van der Waals surface area (Å²) in [4.78, 5) is 0. The van der Waals surface area contributed by atoms with Crippen LogP contribution in [0.4, 0.5) is 0 Å². The molecule has 0 aliphatic rings. The predicted molar refractivity (Wildman–Crippen MR) is 67.6 cm³/mol. The Labute approximate surface area is 93.8 Å².